The Hall–Kier alpha value is -2.74. The Kier molecular flexibility index (Phi) is 4.30. The lowest BCUT2D eigenvalue weighted by atomic mass is 10.0. The van der Waals surface area contributed by atoms with Gasteiger partial charge in [-0.25, -0.2) is 0 Å². The van der Waals surface area contributed by atoms with Crippen LogP contribution in [-0.2, 0) is 6.42 Å². The predicted molar refractivity (Wildman–Crippen MR) is 92.4 cm³/mol. The maximum Gasteiger partial charge on any atom is 0.275 e. The van der Waals surface area contributed by atoms with Crippen LogP contribution in [0.3, 0.4) is 0 Å². The molecule has 0 aliphatic carbocycles. The molecule has 24 heavy (non-hydrogen) atoms. The molecule has 0 radical (unpaired) electrons. The Morgan fingerprint density at radius 3 is 2.79 bits per heavy atom. The summed E-state index contributed by atoms with van der Waals surface area (Å²) in [6, 6.07) is 5.32. The van der Waals surface area contributed by atoms with Gasteiger partial charge in [0.1, 0.15) is 16.5 Å². The van der Waals surface area contributed by atoms with Crippen molar-refractivity contribution in [3.8, 4) is 17.0 Å². The lowest BCUT2D eigenvalue weighted by molar-refractivity contribution is 0.102. The molecule has 1 amide bonds. The van der Waals surface area contributed by atoms with Crippen molar-refractivity contribution in [3.05, 3.63) is 40.0 Å². The van der Waals surface area contributed by atoms with Gasteiger partial charge in [-0.1, -0.05) is 24.3 Å². The van der Waals surface area contributed by atoms with Crippen LogP contribution in [0.1, 0.15) is 33.5 Å². The standard InChI is InChI=1S/C16H17N5O2S/c1-4-13-20-21-16(24-13)17-15(23)12-7-11(18-19-12)10-6-8(2)5-9(3)14(10)22/h5-7,22H,4H2,1-3H3,(H,18,19)(H,17,21,23). The van der Waals surface area contributed by atoms with Gasteiger partial charge < -0.3 is 5.11 Å². The number of hydrogen-bond acceptors (Lipinski definition) is 6. The second kappa shape index (κ2) is 6.40. The van der Waals surface area contributed by atoms with Gasteiger partial charge in [0.05, 0.1) is 5.69 Å². The number of anilines is 1. The monoisotopic (exact) mass is 343 g/mol. The number of phenolic OH excluding ortho intramolecular Hbond substituents is 1. The van der Waals surface area contributed by atoms with Crippen molar-refractivity contribution in [2.45, 2.75) is 27.2 Å². The van der Waals surface area contributed by atoms with E-state index in [9.17, 15) is 9.90 Å². The van der Waals surface area contributed by atoms with Crippen molar-refractivity contribution in [2.75, 3.05) is 5.32 Å². The number of rotatable bonds is 4. The summed E-state index contributed by atoms with van der Waals surface area (Å²) >= 11 is 1.34. The van der Waals surface area contributed by atoms with Crippen LogP contribution in [0, 0.1) is 13.8 Å². The van der Waals surface area contributed by atoms with Gasteiger partial charge in [-0.2, -0.15) is 5.10 Å². The van der Waals surface area contributed by atoms with Gasteiger partial charge in [0.2, 0.25) is 5.13 Å². The highest BCUT2D eigenvalue weighted by Gasteiger charge is 2.16. The second-order valence-electron chi connectivity index (χ2n) is 5.45. The summed E-state index contributed by atoms with van der Waals surface area (Å²) in [5, 5.41) is 28.9. The predicted octanol–water partition coefficient (Wildman–Crippen LogP) is 3.07. The molecular weight excluding hydrogens is 326 g/mol. The summed E-state index contributed by atoms with van der Waals surface area (Å²) < 4.78 is 0. The molecule has 3 N–H and O–H groups in total. The van der Waals surface area contributed by atoms with Gasteiger partial charge in [0, 0.05) is 5.56 Å². The third-order valence-corrected chi connectivity index (χ3v) is 4.52. The fourth-order valence-corrected chi connectivity index (χ4v) is 3.02. The lowest BCUT2D eigenvalue weighted by Gasteiger charge is -2.06. The number of amides is 1. The maximum absolute atomic E-state index is 12.3. The minimum atomic E-state index is -0.351. The van der Waals surface area contributed by atoms with E-state index < -0.39 is 0 Å². The van der Waals surface area contributed by atoms with E-state index in [-0.39, 0.29) is 17.4 Å². The number of benzene rings is 1. The van der Waals surface area contributed by atoms with E-state index in [1.165, 1.54) is 11.3 Å². The van der Waals surface area contributed by atoms with Crippen molar-refractivity contribution in [3.63, 3.8) is 0 Å². The molecule has 0 aliphatic heterocycles. The molecule has 7 nitrogen and oxygen atoms in total. The van der Waals surface area contributed by atoms with E-state index in [2.05, 4.69) is 25.7 Å². The van der Waals surface area contributed by atoms with E-state index in [1.54, 1.807) is 6.07 Å². The van der Waals surface area contributed by atoms with Crippen molar-refractivity contribution in [1.82, 2.24) is 20.4 Å². The molecule has 3 rings (SSSR count). The van der Waals surface area contributed by atoms with Crippen LogP contribution in [0.5, 0.6) is 5.75 Å². The number of aryl methyl sites for hydroxylation is 3. The van der Waals surface area contributed by atoms with Crippen molar-refractivity contribution in [1.29, 1.82) is 0 Å². The summed E-state index contributed by atoms with van der Waals surface area (Å²) in [6.45, 7) is 5.74. The Balaban J connectivity index is 1.84. The number of H-pyrrole nitrogens is 1. The summed E-state index contributed by atoms with van der Waals surface area (Å²) in [7, 11) is 0. The van der Waals surface area contributed by atoms with E-state index >= 15 is 0 Å². The van der Waals surface area contributed by atoms with Gasteiger partial charge in [-0.05, 0) is 43.5 Å². The molecule has 0 spiro atoms. The topological polar surface area (TPSA) is 104 Å². The zero-order valence-electron chi connectivity index (χ0n) is 13.5. The zero-order chi connectivity index (χ0) is 17.3. The van der Waals surface area contributed by atoms with Crippen LogP contribution in [0.4, 0.5) is 5.13 Å². The number of nitrogens with zero attached hydrogens (tertiary/aromatic N) is 3. The maximum atomic E-state index is 12.3. The van der Waals surface area contributed by atoms with Crippen molar-refractivity contribution in [2.24, 2.45) is 0 Å². The average Bonchev–Trinajstić information content (AvgIpc) is 3.19. The van der Waals surface area contributed by atoms with Gasteiger partial charge in [0.25, 0.3) is 5.91 Å². The molecule has 0 atom stereocenters. The zero-order valence-corrected chi connectivity index (χ0v) is 14.4. The van der Waals surface area contributed by atoms with Gasteiger partial charge in [0.15, 0.2) is 0 Å². The quantitative estimate of drug-likeness (QED) is 0.675. The number of aromatic hydroxyl groups is 1. The molecular formula is C16H17N5O2S. The van der Waals surface area contributed by atoms with Crippen molar-refractivity contribution < 1.29 is 9.90 Å². The normalized spacial score (nSPS) is 10.8. The number of aromatic amines is 1. The van der Waals surface area contributed by atoms with E-state index in [0.717, 1.165) is 22.6 Å². The first-order chi connectivity index (χ1) is 11.5. The lowest BCUT2D eigenvalue weighted by Crippen LogP contribution is -2.12. The molecule has 124 valence electrons. The SMILES string of the molecule is CCc1nnc(NC(=O)c2cc(-c3cc(C)cc(C)c3O)n[nH]2)s1. The fraction of sp³-hybridized carbons (Fsp3) is 0.250. The molecule has 0 saturated heterocycles. The van der Waals surface area contributed by atoms with E-state index in [0.29, 0.717) is 16.4 Å². The van der Waals surface area contributed by atoms with Crippen LogP contribution in [-0.4, -0.2) is 31.4 Å². The summed E-state index contributed by atoms with van der Waals surface area (Å²) in [5.74, 6) is -0.188. The number of phenols is 1. The Morgan fingerprint density at radius 1 is 1.29 bits per heavy atom. The highest BCUT2D eigenvalue weighted by Crippen LogP contribution is 2.32. The third kappa shape index (κ3) is 3.13. The number of hydrogen-bond donors (Lipinski definition) is 3. The molecule has 2 heterocycles. The molecule has 3 aromatic rings. The van der Waals surface area contributed by atoms with E-state index in [4.69, 9.17) is 0 Å². The first kappa shape index (κ1) is 16.1. The van der Waals surface area contributed by atoms with Gasteiger partial charge in [-0.15, -0.1) is 10.2 Å². The van der Waals surface area contributed by atoms with Crippen LogP contribution in [0.15, 0.2) is 18.2 Å². The van der Waals surface area contributed by atoms with Crippen LogP contribution in [0.2, 0.25) is 0 Å². The molecule has 8 heteroatoms. The second-order valence-corrected chi connectivity index (χ2v) is 6.52. The first-order valence-electron chi connectivity index (χ1n) is 7.47. The number of nitrogens with one attached hydrogen (secondary N) is 2. The van der Waals surface area contributed by atoms with Crippen LogP contribution in [0.25, 0.3) is 11.3 Å². The minimum Gasteiger partial charge on any atom is -0.507 e. The number of aromatic nitrogens is 4. The Bertz CT molecular complexity index is 900. The van der Waals surface area contributed by atoms with Crippen LogP contribution >= 0.6 is 11.3 Å². The molecule has 1 aromatic carbocycles. The molecule has 0 fully saturated rings. The average molecular weight is 343 g/mol. The Labute approximate surface area is 142 Å². The number of carbonyl (C=O) groups excluding carboxylic acids is 1. The Morgan fingerprint density at radius 2 is 2.08 bits per heavy atom. The minimum absolute atomic E-state index is 0.163. The molecule has 0 aliphatic rings. The molecule has 2 aromatic heterocycles. The summed E-state index contributed by atoms with van der Waals surface area (Å²) in [5.41, 5.74) is 3.16. The summed E-state index contributed by atoms with van der Waals surface area (Å²) in [6.07, 6.45) is 0.772. The smallest absolute Gasteiger partial charge is 0.275 e. The van der Waals surface area contributed by atoms with Gasteiger partial charge >= 0.3 is 0 Å². The molecule has 0 saturated carbocycles. The first-order valence-corrected chi connectivity index (χ1v) is 8.29. The third-order valence-electron chi connectivity index (χ3n) is 3.53. The fourth-order valence-electron chi connectivity index (χ4n) is 2.34. The molecule has 0 unspecified atom stereocenters. The molecule has 0 bridgehead atoms. The highest BCUT2D eigenvalue weighted by atomic mass is 32.1. The highest BCUT2D eigenvalue weighted by molar-refractivity contribution is 7.15. The van der Waals surface area contributed by atoms with E-state index in [1.807, 2.05) is 32.9 Å². The number of carbonyl (C=O) groups is 1. The van der Waals surface area contributed by atoms with Crippen LogP contribution < -0.4 is 5.32 Å². The summed E-state index contributed by atoms with van der Waals surface area (Å²) in [4.78, 5) is 12.3. The van der Waals surface area contributed by atoms with Crippen molar-refractivity contribution >= 4 is 22.4 Å². The van der Waals surface area contributed by atoms with Gasteiger partial charge in [-0.3, -0.25) is 15.2 Å². The largest absolute Gasteiger partial charge is 0.507 e.